The average Bonchev–Trinajstić information content (AvgIpc) is 3.45. The van der Waals surface area contributed by atoms with Gasteiger partial charge in [0.15, 0.2) is 6.10 Å². The van der Waals surface area contributed by atoms with Crippen molar-refractivity contribution in [3.63, 3.8) is 0 Å². The van der Waals surface area contributed by atoms with E-state index in [1.54, 1.807) is 0 Å². The van der Waals surface area contributed by atoms with E-state index in [1.807, 2.05) is 0 Å². The summed E-state index contributed by atoms with van der Waals surface area (Å²) >= 11 is 0. The second-order valence-corrected chi connectivity index (χ2v) is 22.0. The van der Waals surface area contributed by atoms with Gasteiger partial charge in [0.1, 0.15) is 13.2 Å². The Bertz CT molecular complexity index is 1590. The molecule has 0 saturated heterocycles. The van der Waals surface area contributed by atoms with Crippen LogP contribution in [0.15, 0.2) is 109 Å². The number of allylic oxidation sites excluding steroid dienone is 18. The number of carbonyl (C=O) groups is 3. The van der Waals surface area contributed by atoms with Gasteiger partial charge in [-0.25, -0.2) is 0 Å². The predicted molar refractivity (Wildman–Crippen MR) is 343 cm³/mol. The maximum atomic E-state index is 12.9. The molecule has 0 radical (unpaired) electrons. The average molecular weight is 1100 g/mol. The van der Waals surface area contributed by atoms with Crippen LogP contribution in [0.3, 0.4) is 0 Å². The highest BCUT2D eigenvalue weighted by molar-refractivity contribution is 5.71. The van der Waals surface area contributed by atoms with Crippen LogP contribution < -0.4 is 0 Å². The van der Waals surface area contributed by atoms with Gasteiger partial charge >= 0.3 is 17.9 Å². The third-order valence-corrected chi connectivity index (χ3v) is 14.2. The lowest BCUT2D eigenvalue weighted by molar-refractivity contribution is -0.167. The van der Waals surface area contributed by atoms with Gasteiger partial charge < -0.3 is 14.2 Å². The molecule has 6 heteroatoms. The Morgan fingerprint density at radius 1 is 0.266 bits per heavy atom. The summed E-state index contributed by atoms with van der Waals surface area (Å²) in [5, 5.41) is 0. The number of hydrogen-bond donors (Lipinski definition) is 0. The molecule has 0 aliphatic carbocycles. The fourth-order valence-corrected chi connectivity index (χ4v) is 9.24. The van der Waals surface area contributed by atoms with Crippen LogP contribution in [0.5, 0.6) is 0 Å². The summed E-state index contributed by atoms with van der Waals surface area (Å²) in [6.07, 6.45) is 91.0. The SMILES string of the molecule is CC/C=C\C/C=C\C/C=C\C/C=C\C/C=C\C/C=C\C/C=C\CCCCCCCCCCCC(=O)OCC(COC(=O)CCCCCCC/C=C\CCCCCC)OC(=O)CCCCCCCCC/C=C\CCCCCCCC. The predicted octanol–water partition coefficient (Wildman–Crippen LogP) is 23.0. The number of ether oxygens (including phenoxy) is 3. The highest BCUT2D eigenvalue weighted by Crippen LogP contribution is 2.16. The summed E-state index contributed by atoms with van der Waals surface area (Å²) in [5.41, 5.74) is 0. The van der Waals surface area contributed by atoms with Crippen molar-refractivity contribution >= 4 is 17.9 Å². The summed E-state index contributed by atoms with van der Waals surface area (Å²) < 4.78 is 16.9. The van der Waals surface area contributed by atoms with Crippen LogP contribution in [0.2, 0.25) is 0 Å². The first-order chi connectivity index (χ1) is 39.0. The molecular weight excluding hydrogens is 973 g/mol. The molecule has 0 heterocycles. The van der Waals surface area contributed by atoms with Gasteiger partial charge in [-0.15, -0.1) is 0 Å². The highest BCUT2D eigenvalue weighted by atomic mass is 16.6. The molecule has 0 bridgehead atoms. The minimum atomic E-state index is -0.788. The Morgan fingerprint density at radius 2 is 0.494 bits per heavy atom. The molecule has 0 aliphatic rings. The zero-order valence-electron chi connectivity index (χ0n) is 51.9. The first kappa shape index (κ1) is 75.1. The van der Waals surface area contributed by atoms with E-state index in [0.717, 1.165) is 116 Å². The van der Waals surface area contributed by atoms with E-state index < -0.39 is 6.10 Å². The van der Waals surface area contributed by atoms with Crippen LogP contribution in [-0.4, -0.2) is 37.2 Å². The monoisotopic (exact) mass is 1100 g/mol. The standard InChI is InChI=1S/C73H124O6/c1-4-7-10-13-16-19-22-25-27-29-30-31-32-33-34-35-36-37-38-39-40-41-42-44-45-48-51-54-57-60-63-66-72(75)78-69-70(68-77-71(74)65-62-59-56-53-50-47-24-21-18-15-12-9-6-3)79-73(76)67-64-61-58-55-52-49-46-43-28-26-23-20-17-14-11-8-5-2/h7,10,16,19,21,24-28,30-31,33-34,36-37,39-40,70H,4-6,8-9,11-15,17-18,20,22-23,29,32,35,38,41-69H2,1-3H3/b10-7-,19-16-,24-21-,27-25-,28-26-,31-30-,34-33-,37-36-,40-39-. The fourth-order valence-electron chi connectivity index (χ4n) is 9.24. The number of hydrogen-bond acceptors (Lipinski definition) is 6. The van der Waals surface area contributed by atoms with Gasteiger partial charge in [0.25, 0.3) is 0 Å². The number of esters is 3. The second kappa shape index (κ2) is 66.6. The normalized spacial score (nSPS) is 12.8. The lowest BCUT2D eigenvalue weighted by Gasteiger charge is -2.18. The Balaban J connectivity index is 4.29. The summed E-state index contributed by atoms with van der Waals surface area (Å²) in [6.45, 7) is 6.51. The van der Waals surface area contributed by atoms with Gasteiger partial charge in [-0.3, -0.25) is 14.4 Å². The molecule has 0 aromatic rings. The van der Waals surface area contributed by atoms with Crippen LogP contribution >= 0.6 is 0 Å². The maximum absolute atomic E-state index is 12.9. The summed E-state index contributed by atoms with van der Waals surface area (Å²) in [6, 6.07) is 0. The first-order valence-corrected chi connectivity index (χ1v) is 33.4. The van der Waals surface area contributed by atoms with Crippen LogP contribution in [0, 0.1) is 0 Å². The van der Waals surface area contributed by atoms with Crippen LogP contribution in [0.4, 0.5) is 0 Å². The van der Waals surface area contributed by atoms with E-state index in [-0.39, 0.29) is 31.1 Å². The zero-order valence-corrected chi connectivity index (χ0v) is 51.9. The van der Waals surface area contributed by atoms with Gasteiger partial charge in [-0.2, -0.15) is 0 Å². The van der Waals surface area contributed by atoms with Crippen LogP contribution in [-0.2, 0) is 28.6 Å². The van der Waals surface area contributed by atoms with E-state index in [2.05, 4.69) is 130 Å². The largest absolute Gasteiger partial charge is 0.462 e. The molecule has 0 N–H and O–H groups in total. The van der Waals surface area contributed by atoms with E-state index in [4.69, 9.17) is 14.2 Å². The van der Waals surface area contributed by atoms with Gasteiger partial charge in [0, 0.05) is 19.3 Å². The van der Waals surface area contributed by atoms with Gasteiger partial charge in [-0.1, -0.05) is 278 Å². The van der Waals surface area contributed by atoms with Crippen molar-refractivity contribution in [2.24, 2.45) is 0 Å². The number of carbonyl (C=O) groups excluding carboxylic acids is 3. The molecule has 0 aliphatic heterocycles. The molecule has 0 aromatic heterocycles. The quantitative estimate of drug-likeness (QED) is 0.0261. The molecule has 0 rings (SSSR count). The molecule has 0 saturated carbocycles. The Hall–Kier alpha value is -3.93. The molecule has 0 fully saturated rings. The minimum Gasteiger partial charge on any atom is -0.462 e. The Kier molecular flexibility index (Phi) is 63.3. The third-order valence-electron chi connectivity index (χ3n) is 14.2. The smallest absolute Gasteiger partial charge is 0.306 e. The van der Waals surface area contributed by atoms with Crippen molar-refractivity contribution in [3.8, 4) is 0 Å². The topological polar surface area (TPSA) is 78.9 Å². The van der Waals surface area contributed by atoms with Crippen molar-refractivity contribution in [3.05, 3.63) is 109 Å². The summed E-state index contributed by atoms with van der Waals surface area (Å²) in [7, 11) is 0. The molecule has 1 atom stereocenters. The zero-order chi connectivity index (χ0) is 57.1. The van der Waals surface area contributed by atoms with Crippen molar-refractivity contribution < 1.29 is 28.6 Å². The third kappa shape index (κ3) is 64.8. The number of rotatable bonds is 60. The van der Waals surface area contributed by atoms with Crippen molar-refractivity contribution in [1.82, 2.24) is 0 Å². The van der Waals surface area contributed by atoms with Gasteiger partial charge in [0.2, 0.25) is 0 Å². The van der Waals surface area contributed by atoms with E-state index in [9.17, 15) is 14.4 Å². The molecular formula is C73H124O6. The van der Waals surface area contributed by atoms with Crippen molar-refractivity contribution in [1.29, 1.82) is 0 Å². The first-order valence-electron chi connectivity index (χ1n) is 33.4. The van der Waals surface area contributed by atoms with Crippen LogP contribution in [0.25, 0.3) is 0 Å². The highest BCUT2D eigenvalue weighted by Gasteiger charge is 2.19. The molecule has 79 heavy (non-hydrogen) atoms. The van der Waals surface area contributed by atoms with Gasteiger partial charge in [0.05, 0.1) is 0 Å². The minimum absolute atomic E-state index is 0.0847. The lowest BCUT2D eigenvalue weighted by Crippen LogP contribution is -2.30. The second-order valence-electron chi connectivity index (χ2n) is 22.0. The van der Waals surface area contributed by atoms with Crippen molar-refractivity contribution in [2.45, 2.75) is 322 Å². The van der Waals surface area contributed by atoms with E-state index >= 15 is 0 Å². The molecule has 0 amide bonds. The van der Waals surface area contributed by atoms with E-state index in [0.29, 0.717) is 19.3 Å². The number of unbranched alkanes of at least 4 members (excludes halogenated alkanes) is 31. The molecule has 1 unspecified atom stereocenters. The fraction of sp³-hybridized carbons (Fsp3) is 0.712. The van der Waals surface area contributed by atoms with Gasteiger partial charge in [-0.05, 0) is 128 Å². The molecule has 0 spiro atoms. The Labute approximate surface area is 489 Å². The molecule has 6 nitrogen and oxygen atoms in total. The maximum Gasteiger partial charge on any atom is 0.306 e. The summed E-state index contributed by atoms with van der Waals surface area (Å²) in [4.78, 5) is 38.3. The molecule has 0 aromatic carbocycles. The molecule has 452 valence electrons. The van der Waals surface area contributed by atoms with Crippen LogP contribution in [0.1, 0.15) is 316 Å². The lowest BCUT2D eigenvalue weighted by atomic mass is 10.1. The van der Waals surface area contributed by atoms with Crippen molar-refractivity contribution in [2.75, 3.05) is 13.2 Å². The van der Waals surface area contributed by atoms with E-state index in [1.165, 1.54) is 161 Å². The summed E-state index contributed by atoms with van der Waals surface area (Å²) in [5.74, 6) is -0.894. The Morgan fingerprint density at radius 3 is 0.797 bits per heavy atom.